The second-order valence-corrected chi connectivity index (χ2v) is 3.91. The number of carbonyl (C=O) groups is 1. The minimum atomic E-state index is -0.403. The molecule has 0 aliphatic carbocycles. The number of amides is 1. The largest absolute Gasteiger partial charge is 0.494 e. The fourth-order valence-corrected chi connectivity index (χ4v) is 1.83. The van der Waals surface area contributed by atoms with Crippen LogP contribution in [0.5, 0.6) is 5.75 Å². The van der Waals surface area contributed by atoms with Gasteiger partial charge < -0.3 is 9.47 Å². The molecule has 1 heterocycles. The Labute approximate surface area is 106 Å². The normalized spacial score (nSPS) is 18.3. The molecule has 0 aromatic heterocycles. The van der Waals surface area contributed by atoms with Crippen molar-refractivity contribution in [3.8, 4) is 11.8 Å². The first-order valence-corrected chi connectivity index (χ1v) is 5.82. The van der Waals surface area contributed by atoms with Gasteiger partial charge in [0.1, 0.15) is 11.9 Å². The summed E-state index contributed by atoms with van der Waals surface area (Å²) in [5, 5.41) is 8.59. The third-order valence-electron chi connectivity index (χ3n) is 2.65. The van der Waals surface area contributed by atoms with Crippen LogP contribution in [0.4, 0.5) is 10.5 Å². The number of ether oxygens (including phenoxy) is 2. The molecule has 0 saturated carbocycles. The van der Waals surface area contributed by atoms with Crippen LogP contribution in [0.2, 0.25) is 0 Å². The van der Waals surface area contributed by atoms with Crippen LogP contribution < -0.4 is 9.64 Å². The molecule has 5 nitrogen and oxygen atoms in total. The first kappa shape index (κ1) is 12.2. The summed E-state index contributed by atoms with van der Waals surface area (Å²) in [6.07, 6.45) is -0.521. The number of nitrogens with zero attached hydrogens (tertiary/aromatic N) is 2. The summed E-state index contributed by atoms with van der Waals surface area (Å²) >= 11 is 0. The van der Waals surface area contributed by atoms with E-state index in [4.69, 9.17) is 14.7 Å². The van der Waals surface area contributed by atoms with Crippen LogP contribution in [0.15, 0.2) is 24.3 Å². The summed E-state index contributed by atoms with van der Waals surface area (Å²) in [6, 6.07) is 9.24. The molecule has 1 aromatic carbocycles. The van der Waals surface area contributed by atoms with Crippen molar-refractivity contribution in [2.75, 3.05) is 18.1 Å². The van der Waals surface area contributed by atoms with Gasteiger partial charge in [0.2, 0.25) is 0 Å². The van der Waals surface area contributed by atoms with Gasteiger partial charge in [0.25, 0.3) is 0 Å². The summed E-state index contributed by atoms with van der Waals surface area (Å²) < 4.78 is 10.4. The molecule has 0 radical (unpaired) electrons. The molecule has 1 fully saturated rings. The number of benzene rings is 1. The summed E-state index contributed by atoms with van der Waals surface area (Å²) in [5.74, 6) is 0.766. The van der Waals surface area contributed by atoms with Gasteiger partial charge in [0, 0.05) is 5.69 Å². The molecule has 94 valence electrons. The van der Waals surface area contributed by atoms with Crippen LogP contribution in [0.25, 0.3) is 0 Å². The number of carbonyl (C=O) groups excluding carboxylic acids is 1. The Morgan fingerprint density at radius 3 is 2.83 bits per heavy atom. The van der Waals surface area contributed by atoms with Crippen LogP contribution in [0.1, 0.15) is 13.3 Å². The van der Waals surface area contributed by atoms with E-state index in [1.54, 1.807) is 12.1 Å². The first-order chi connectivity index (χ1) is 8.74. The summed E-state index contributed by atoms with van der Waals surface area (Å²) in [4.78, 5) is 13.2. The predicted molar refractivity (Wildman–Crippen MR) is 65.5 cm³/mol. The smallest absolute Gasteiger partial charge is 0.414 e. The maximum absolute atomic E-state index is 11.6. The van der Waals surface area contributed by atoms with E-state index >= 15 is 0 Å². The minimum Gasteiger partial charge on any atom is -0.494 e. The van der Waals surface area contributed by atoms with Gasteiger partial charge in [0.15, 0.2) is 0 Å². The van der Waals surface area contributed by atoms with Crippen molar-refractivity contribution in [2.45, 2.75) is 19.4 Å². The molecule has 1 unspecified atom stereocenters. The molecule has 2 rings (SSSR count). The molecule has 1 aromatic rings. The van der Waals surface area contributed by atoms with Gasteiger partial charge in [-0.15, -0.1) is 0 Å². The lowest BCUT2D eigenvalue weighted by Gasteiger charge is -2.13. The number of cyclic esters (lactones) is 1. The summed E-state index contributed by atoms with van der Waals surface area (Å²) in [5.41, 5.74) is 0.754. The van der Waals surface area contributed by atoms with Gasteiger partial charge in [-0.1, -0.05) is 0 Å². The second-order valence-electron chi connectivity index (χ2n) is 3.91. The number of anilines is 1. The number of rotatable bonds is 4. The lowest BCUT2D eigenvalue weighted by atomic mass is 10.2. The molecule has 1 aliphatic heterocycles. The SMILES string of the molecule is CCOc1ccc(N2CC(CC#N)OC2=O)cc1. The maximum Gasteiger partial charge on any atom is 0.414 e. The van der Waals surface area contributed by atoms with Gasteiger partial charge in [-0.05, 0) is 31.2 Å². The van der Waals surface area contributed by atoms with Gasteiger partial charge in [0.05, 0.1) is 25.6 Å². The highest BCUT2D eigenvalue weighted by Gasteiger charge is 2.31. The zero-order chi connectivity index (χ0) is 13.0. The third-order valence-corrected chi connectivity index (χ3v) is 2.65. The van der Waals surface area contributed by atoms with E-state index in [9.17, 15) is 4.79 Å². The molecule has 18 heavy (non-hydrogen) atoms. The number of hydrogen-bond acceptors (Lipinski definition) is 4. The zero-order valence-corrected chi connectivity index (χ0v) is 10.1. The van der Waals surface area contributed by atoms with Crippen molar-refractivity contribution in [1.82, 2.24) is 0 Å². The Balaban J connectivity index is 2.07. The lowest BCUT2D eigenvalue weighted by molar-refractivity contribution is 0.143. The van der Waals surface area contributed by atoms with E-state index in [1.165, 1.54) is 4.90 Å². The van der Waals surface area contributed by atoms with E-state index in [0.29, 0.717) is 13.2 Å². The highest BCUT2D eigenvalue weighted by molar-refractivity contribution is 5.89. The lowest BCUT2D eigenvalue weighted by Crippen LogP contribution is -2.24. The van der Waals surface area contributed by atoms with Crippen LogP contribution >= 0.6 is 0 Å². The molecular formula is C13H14N2O3. The Kier molecular flexibility index (Phi) is 3.68. The highest BCUT2D eigenvalue weighted by atomic mass is 16.6. The standard InChI is InChI=1S/C13H14N2O3/c1-2-17-11-5-3-10(4-6-11)15-9-12(7-8-14)18-13(15)16/h3-6,12H,2,7,9H2,1H3. The van der Waals surface area contributed by atoms with E-state index < -0.39 is 6.09 Å². The molecule has 0 bridgehead atoms. The van der Waals surface area contributed by atoms with Gasteiger partial charge in [-0.3, -0.25) is 4.90 Å². The molecule has 0 spiro atoms. The monoisotopic (exact) mass is 246 g/mol. The van der Waals surface area contributed by atoms with Gasteiger partial charge in [-0.25, -0.2) is 4.79 Å². The van der Waals surface area contributed by atoms with Crippen LogP contribution in [-0.2, 0) is 4.74 Å². The Morgan fingerprint density at radius 2 is 2.22 bits per heavy atom. The molecule has 1 saturated heterocycles. The fraction of sp³-hybridized carbons (Fsp3) is 0.385. The van der Waals surface area contributed by atoms with Crippen LogP contribution in [-0.4, -0.2) is 25.3 Å². The topological polar surface area (TPSA) is 62.6 Å². The van der Waals surface area contributed by atoms with Gasteiger partial charge in [-0.2, -0.15) is 5.26 Å². The minimum absolute atomic E-state index is 0.221. The van der Waals surface area contributed by atoms with Crippen molar-refractivity contribution in [2.24, 2.45) is 0 Å². The Hall–Kier alpha value is -2.22. The van der Waals surface area contributed by atoms with Crippen LogP contribution in [0, 0.1) is 11.3 Å². The van der Waals surface area contributed by atoms with E-state index in [1.807, 2.05) is 25.1 Å². The highest BCUT2D eigenvalue weighted by Crippen LogP contribution is 2.24. The molecule has 5 heteroatoms. The Bertz CT molecular complexity index is 464. The van der Waals surface area contributed by atoms with Crippen molar-refractivity contribution in [1.29, 1.82) is 5.26 Å². The van der Waals surface area contributed by atoms with Crippen molar-refractivity contribution < 1.29 is 14.3 Å². The zero-order valence-electron chi connectivity index (χ0n) is 10.1. The third kappa shape index (κ3) is 2.54. The number of nitriles is 1. The van der Waals surface area contributed by atoms with Crippen LogP contribution in [0.3, 0.4) is 0 Å². The summed E-state index contributed by atoms with van der Waals surface area (Å²) in [7, 11) is 0. The second kappa shape index (κ2) is 5.41. The number of hydrogen-bond donors (Lipinski definition) is 0. The van der Waals surface area contributed by atoms with Crippen molar-refractivity contribution in [3.63, 3.8) is 0 Å². The molecule has 1 amide bonds. The van der Waals surface area contributed by atoms with E-state index in [-0.39, 0.29) is 12.5 Å². The Morgan fingerprint density at radius 1 is 1.50 bits per heavy atom. The average Bonchev–Trinajstić information content (AvgIpc) is 2.72. The first-order valence-electron chi connectivity index (χ1n) is 5.82. The molecule has 1 atom stereocenters. The van der Waals surface area contributed by atoms with E-state index in [2.05, 4.69) is 0 Å². The molecular weight excluding hydrogens is 232 g/mol. The quantitative estimate of drug-likeness (QED) is 0.817. The van der Waals surface area contributed by atoms with Gasteiger partial charge >= 0.3 is 6.09 Å². The summed E-state index contributed by atoms with van der Waals surface area (Å²) in [6.45, 7) is 2.94. The maximum atomic E-state index is 11.6. The van der Waals surface area contributed by atoms with Crippen molar-refractivity contribution in [3.05, 3.63) is 24.3 Å². The average molecular weight is 246 g/mol. The molecule has 1 aliphatic rings. The van der Waals surface area contributed by atoms with E-state index in [0.717, 1.165) is 11.4 Å². The predicted octanol–water partition coefficient (Wildman–Crippen LogP) is 2.32. The van der Waals surface area contributed by atoms with Crippen molar-refractivity contribution >= 4 is 11.8 Å². The fourth-order valence-electron chi connectivity index (χ4n) is 1.83. The molecule has 0 N–H and O–H groups in total.